The summed E-state index contributed by atoms with van der Waals surface area (Å²) in [6.07, 6.45) is 4.75. The number of rotatable bonds is 4. The van der Waals surface area contributed by atoms with Gasteiger partial charge in [0.1, 0.15) is 0 Å². The molecule has 1 atom stereocenters. The molecule has 2 nitrogen and oxygen atoms in total. The van der Waals surface area contributed by atoms with Crippen LogP contribution >= 0.6 is 0 Å². The van der Waals surface area contributed by atoms with Gasteiger partial charge in [0.2, 0.25) is 0 Å². The lowest BCUT2D eigenvalue weighted by atomic mass is 10.0. The lowest BCUT2D eigenvalue weighted by molar-refractivity contribution is 0.494. The second-order valence-electron chi connectivity index (χ2n) is 4.11. The van der Waals surface area contributed by atoms with Crippen LogP contribution in [0, 0.1) is 12.8 Å². The summed E-state index contributed by atoms with van der Waals surface area (Å²) >= 11 is 0. The van der Waals surface area contributed by atoms with Crippen molar-refractivity contribution in [1.29, 1.82) is 0 Å². The van der Waals surface area contributed by atoms with E-state index in [0.717, 1.165) is 18.2 Å². The summed E-state index contributed by atoms with van der Waals surface area (Å²) in [6.45, 7) is 5.23. The van der Waals surface area contributed by atoms with E-state index in [9.17, 15) is 0 Å². The highest BCUT2D eigenvalue weighted by Gasteiger charge is 2.31. The summed E-state index contributed by atoms with van der Waals surface area (Å²) in [5.41, 5.74) is 2.44. The molecule has 2 rings (SSSR count). The Morgan fingerprint density at radius 3 is 2.79 bits per heavy atom. The summed E-state index contributed by atoms with van der Waals surface area (Å²) in [7, 11) is 0. The van der Waals surface area contributed by atoms with Crippen molar-refractivity contribution < 1.29 is 0 Å². The average molecular weight is 190 g/mol. The predicted molar refractivity (Wildman–Crippen MR) is 58.1 cm³/mol. The first-order valence-corrected chi connectivity index (χ1v) is 5.47. The van der Waals surface area contributed by atoms with Crippen LogP contribution in [0.2, 0.25) is 0 Å². The highest BCUT2D eigenvalue weighted by atomic mass is 14.9. The van der Waals surface area contributed by atoms with Crippen LogP contribution < -0.4 is 5.32 Å². The molecular formula is C12H18N2. The molecule has 14 heavy (non-hydrogen) atoms. The molecular weight excluding hydrogens is 172 g/mol. The van der Waals surface area contributed by atoms with Gasteiger partial charge in [-0.15, -0.1) is 0 Å². The molecule has 1 aliphatic carbocycles. The monoisotopic (exact) mass is 190 g/mol. The molecule has 0 saturated heterocycles. The maximum absolute atomic E-state index is 4.35. The van der Waals surface area contributed by atoms with Crippen LogP contribution in [0.3, 0.4) is 0 Å². The first kappa shape index (κ1) is 9.66. The van der Waals surface area contributed by atoms with Crippen molar-refractivity contribution in [2.75, 3.05) is 6.54 Å². The van der Waals surface area contributed by atoms with E-state index in [0.29, 0.717) is 6.04 Å². The molecule has 1 unspecified atom stereocenters. The van der Waals surface area contributed by atoms with Crippen molar-refractivity contribution in [3.8, 4) is 0 Å². The van der Waals surface area contributed by atoms with Gasteiger partial charge in [-0.25, -0.2) is 0 Å². The first-order chi connectivity index (χ1) is 6.81. The lowest BCUT2D eigenvalue weighted by Crippen LogP contribution is -2.22. The summed E-state index contributed by atoms with van der Waals surface area (Å²) in [4.78, 5) is 4.35. The zero-order valence-electron chi connectivity index (χ0n) is 8.96. The van der Waals surface area contributed by atoms with Crippen LogP contribution in [0.1, 0.15) is 37.1 Å². The van der Waals surface area contributed by atoms with Crippen LogP contribution in [-0.4, -0.2) is 11.5 Å². The van der Waals surface area contributed by atoms with Crippen molar-refractivity contribution in [1.82, 2.24) is 10.3 Å². The summed E-state index contributed by atoms with van der Waals surface area (Å²) < 4.78 is 0. The zero-order chi connectivity index (χ0) is 9.97. The molecule has 0 aliphatic heterocycles. The number of hydrogen-bond donors (Lipinski definition) is 1. The molecule has 1 fully saturated rings. The molecule has 0 radical (unpaired) electrons. The normalized spacial score (nSPS) is 18.1. The van der Waals surface area contributed by atoms with Gasteiger partial charge in [0.15, 0.2) is 0 Å². The fourth-order valence-electron chi connectivity index (χ4n) is 1.87. The van der Waals surface area contributed by atoms with E-state index >= 15 is 0 Å². The highest BCUT2D eigenvalue weighted by molar-refractivity contribution is 5.19. The van der Waals surface area contributed by atoms with Crippen molar-refractivity contribution in [2.45, 2.75) is 32.7 Å². The summed E-state index contributed by atoms with van der Waals surface area (Å²) in [5, 5.41) is 3.54. The Hall–Kier alpha value is -0.890. The largest absolute Gasteiger partial charge is 0.310 e. The van der Waals surface area contributed by atoms with E-state index in [1.165, 1.54) is 18.4 Å². The van der Waals surface area contributed by atoms with Gasteiger partial charge in [0, 0.05) is 17.9 Å². The fraction of sp³-hybridized carbons (Fsp3) is 0.583. The molecule has 1 aromatic rings. The van der Waals surface area contributed by atoms with Crippen LogP contribution in [0.25, 0.3) is 0 Å². The third kappa shape index (κ3) is 2.13. The predicted octanol–water partition coefficient (Wildman–Crippen LogP) is 2.45. The Labute approximate surface area is 85.7 Å². The van der Waals surface area contributed by atoms with Crippen molar-refractivity contribution in [3.05, 3.63) is 29.6 Å². The molecule has 1 aliphatic rings. The smallest absolute Gasteiger partial charge is 0.0372 e. The number of pyridine rings is 1. The number of hydrogen-bond acceptors (Lipinski definition) is 2. The molecule has 1 aromatic heterocycles. The minimum atomic E-state index is 0.535. The average Bonchev–Trinajstić information content (AvgIpc) is 2.99. The van der Waals surface area contributed by atoms with Crippen LogP contribution in [-0.2, 0) is 0 Å². The topological polar surface area (TPSA) is 24.9 Å². The van der Waals surface area contributed by atoms with E-state index in [1.807, 2.05) is 13.1 Å². The van der Waals surface area contributed by atoms with Gasteiger partial charge in [0.05, 0.1) is 0 Å². The third-order valence-corrected chi connectivity index (χ3v) is 2.81. The first-order valence-electron chi connectivity index (χ1n) is 5.47. The third-order valence-electron chi connectivity index (χ3n) is 2.81. The van der Waals surface area contributed by atoms with Gasteiger partial charge >= 0.3 is 0 Å². The van der Waals surface area contributed by atoms with Gasteiger partial charge in [-0.3, -0.25) is 4.98 Å². The molecule has 0 spiro atoms. The lowest BCUT2D eigenvalue weighted by Gasteiger charge is -2.17. The van der Waals surface area contributed by atoms with Crippen LogP contribution in [0.15, 0.2) is 18.3 Å². The Kier molecular flexibility index (Phi) is 2.82. The van der Waals surface area contributed by atoms with Crippen molar-refractivity contribution in [3.63, 3.8) is 0 Å². The number of nitrogens with one attached hydrogen (secondary N) is 1. The van der Waals surface area contributed by atoms with E-state index < -0.39 is 0 Å². The number of aryl methyl sites for hydroxylation is 1. The Morgan fingerprint density at radius 2 is 2.29 bits per heavy atom. The Morgan fingerprint density at radius 1 is 1.50 bits per heavy atom. The van der Waals surface area contributed by atoms with Gasteiger partial charge in [-0.05, 0) is 43.9 Å². The van der Waals surface area contributed by atoms with Gasteiger partial charge in [-0.2, -0.15) is 0 Å². The van der Waals surface area contributed by atoms with E-state index in [-0.39, 0.29) is 0 Å². The maximum Gasteiger partial charge on any atom is 0.0372 e. The second kappa shape index (κ2) is 4.09. The summed E-state index contributed by atoms with van der Waals surface area (Å²) in [6, 6.07) is 4.84. The van der Waals surface area contributed by atoms with E-state index in [2.05, 4.69) is 29.4 Å². The number of nitrogens with zero attached hydrogens (tertiary/aromatic N) is 1. The standard InChI is InChI=1S/C12H18N2/c1-3-13-12(10-6-7-10)11-5-4-9(2)14-8-11/h4-5,8,10,12-13H,3,6-7H2,1-2H3. The molecule has 0 amide bonds. The molecule has 1 saturated carbocycles. The quantitative estimate of drug-likeness (QED) is 0.789. The van der Waals surface area contributed by atoms with Gasteiger partial charge in [-0.1, -0.05) is 13.0 Å². The summed E-state index contributed by atoms with van der Waals surface area (Å²) in [5.74, 6) is 0.847. The maximum atomic E-state index is 4.35. The highest BCUT2D eigenvalue weighted by Crippen LogP contribution is 2.40. The van der Waals surface area contributed by atoms with E-state index in [1.54, 1.807) is 0 Å². The molecule has 0 bridgehead atoms. The minimum absolute atomic E-state index is 0.535. The molecule has 1 N–H and O–H groups in total. The zero-order valence-corrected chi connectivity index (χ0v) is 8.96. The fourth-order valence-corrected chi connectivity index (χ4v) is 1.87. The Balaban J connectivity index is 2.13. The van der Waals surface area contributed by atoms with Crippen molar-refractivity contribution >= 4 is 0 Å². The molecule has 2 heteroatoms. The van der Waals surface area contributed by atoms with Crippen LogP contribution in [0.4, 0.5) is 0 Å². The van der Waals surface area contributed by atoms with Gasteiger partial charge in [0.25, 0.3) is 0 Å². The SMILES string of the molecule is CCNC(c1ccc(C)nc1)C1CC1. The van der Waals surface area contributed by atoms with Gasteiger partial charge < -0.3 is 5.32 Å². The second-order valence-corrected chi connectivity index (χ2v) is 4.11. The Bertz CT molecular complexity index is 288. The molecule has 1 heterocycles. The molecule has 0 aromatic carbocycles. The minimum Gasteiger partial charge on any atom is -0.310 e. The van der Waals surface area contributed by atoms with Crippen LogP contribution in [0.5, 0.6) is 0 Å². The van der Waals surface area contributed by atoms with E-state index in [4.69, 9.17) is 0 Å². The molecule has 76 valence electrons. The van der Waals surface area contributed by atoms with Crippen molar-refractivity contribution in [2.24, 2.45) is 5.92 Å². The number of aromatic nitrogens is 1.